The minimum atomic E-state index is -0.409. The normalized spacial score (nSPS) is 19.5. The van der Waals surface area contributed by atoms with Gasteiger partial charge in [0.15, 0.2) is 0 Å². The molecule has 2 N–H and O–H groups in total. The van der Waals surface area contributed by atoms with Crippen molar-refractivity contribution in [3.63, 3.8) is 0 Å². The Balaban J connectivity index is 2.27. The number of likely N-dealkylation sites (N-methyl/N-ethyl adjacent to an activating group) is 1. The third kappa shape index (κ3) is 6.21. The monoisotopic (exact) mass is 405 g/mol. The summed E-state index contributed by atoms with van der Waals surface area (Å²) in [4.78, 5) is 15.2. The van der Waals surface area contributed by atoms with Crippen molar-refractivity contribution in [2.45, 2.75) is 26.2 Å². The number of unbranched alkanes of at least 4 members (excludes halogenated alkanes) is 1. The lowest BCUT2D eigenvalue weighted by molar-refractivity contribution is -0.116. The molecule has 0 aromatic rings. The van der Waals surface area contributed by atoms with Gasteiger partial charge in [-0.15, -0.1) is 0 Å². The fourth-order valence-corrected chi connectivity index (χ4v) is 3.25. The summed E-state index contributed by atoms with van der Waals surface area (Å²) in [5, 5.41) is 6.06. The Labute approximate surface area is 172 Å². The van der Waals surface area contributed by atoms with Gasteiger partial charge >= 0.3 is 0 Å². The molecule has 152 valence electrons. The van der Waals surface area contributed by atoms with E-state index in [0.29, 0.717) is 11.3 Å². The molecule has 0 spiro atoms. The van der Waals surface area contributed by atoms with E-state index in [9.17, 15) is 9.18 Å². The Morgan fingerprint density at radius 2 is 2.21 bits per heavy atom. The van der Waals surface area contributed by atoms with Crippen LogP contribution in [0.2, 0.25) is 0 Å². The second kappa shape index (κ2) is 11.0. The molecule has 0 aliphatic heterocycles. The number of nitrogens with zero attached hydrogens (tertiary/aromatic N) is 1. The first-order chi connectivity index (χ1) is 13.5. The number of nitrogens with one attached hydrogen (secondary N) is 2. The van der Waals surface area contributed by atoms with Crippen molar-refractivity contribution >= 4 is 17.5 Å². The van der Waals surface area contributed by atoms with Crippen LogP contribution in [0.4, 0.5) is 4.39 Å². The molecule has 0 fully saturated rings. The molecule has 0 aromatic heterocycles. The zero-order chi connectivity index (χ0) is 20.5. The van der Waals surface area contributed by atoms with Crippen LogP contribution >= 0.6 is 11.6 Å². The topological polar surface area (TPSA) is 44.4 Å². The SMILES string of the molecule is CCCCN(C)C1=CC(CNC)C=CC=C1C(=O)NC1=CC(Cl)=C(F)CC=C1. The predicted octanol–water partition coefficient (Wildman–Crippen LogP) is 4.31. The number of amides is 1. The molecule has 2 rings (SSSR count). The molecule has 1 amide bonds. The van der Waals surface area contributed by atoms with Gasteiger partial charge in [0.25, 0.3) is 5.91 Å². The fourth-order valence-electron chi connectivity index (χ4n) is 3.06. The first kappa shape index (κ1) is 22.2. The summed E-state index contributed by atoms with van der Waals surface area (Å²) in [5.74, 6) is -0.463. The van der Waals surface area contributed by atoms with Crippen LogP contribution in [0.1, 0.15) is 26.2 Å². The van der Waals surface area contributed by atoms with Gasteiger partial charge in [-0.25, -0.2) is 4.39 Å². The average molecular weight is 406 g/mol. The molecule has 28 heavy (non-hydrogen) atoms. The maximum atomic E-state index is 13.7. The lowest BCUT2D eigenvalue weighted by Crippen LogP contribution is -2.30. The summed E-state index contributed by atoms with van der Waals surface area (Å²) in [7, 11) is 3.92. The Hall–Kier alpha value is -2.11. The van der Waals surface area contributed by atoms with E-state index < -0.39 is 5.83 Å². The van der Waals surface area contributed by atoms with E-state index in [-0.39, 0.29) is 23.3 Å². The zero-order valence-electron chi connectivity index (χ0n) is 16.8. The zero-order valence-corrected chi connectivity index (χ0v) is 17.5. The summed E-state index contributed by atoms with van der Waals surface area (Å²) < 4.78 is 13.7. The van der Waals surface area contributed by atoms with Gasteiger partial charge in [-0.1, -0.05) is 49.2 Å². The third-order valence-corrected chi connectivity index (χ3v) is 4.92. The number of halogens is 2. The smallest absolute Gasteiger partial charge is 0.257 e. The number of allylic oxidation sites excluding steroid dienone is 7. The van der Waals surface area contributed by atoms with Crippen molar-refractivity contribution in [3.05, 3.63) is 70.4 Å². The predicted molar refractivity (Wildman–Crippen MR) is 114 cm³/mol. The first-order valence-electron chi connectivity index (χ1n) is 9.66. The standard InChI is InChI=1S/C22H29ClFN3O/c1-4-5-12-27(3)21-13-16(15-25-2)8-6-10-18(21)22(28)26-17-9-7-11-20(24)19(23)14-17/h6-10,13-14,16,25H,4-5,11-12,15H2,1-3H3,(H,26,28). The molecule has 0 saturated heterocycles. The van der Waals surface area contributed by atoms with Gasteiger partial charge in [0.05, 0.1) is 10.6 Å². The largest absolute Gasteiger partial charge is 0.374 e. The van der Waals surface area contributed by atoms with E-state index in [1.165, 1.54) is 6.08 Å². The molecule has 0 aromatic carbocycles. The second-order valence-electron chi connectivity index (χ2n) is 6.93. The van der Waals surface area contributed by atoms with E-state index in [1.54, 1.807) is 12.2 Å². The number of carbonyl (C=O) groups excluding carboxylic acids is 1. The maximum absolute atomic E-state index is 13.7. The van der Waals surface area contributed by atoms with Crippen LogP contribution in [0.3, 0.4) is 0 Å². The summed E-state index contributed by atoms with van der Waals surface area (Å²) in [5.41, 5.74) is 1.94. The third-order valence-electron chi connectivity index (χ3n) is 4.61. The van der Waals surface area contributed by atoms with Crippen LogP contribution in [-0.2, 0) is 4.79 Å². The van der Waals surface area contributed by atoms with Crippen molar-refractivity contribution in [3.8, 4) is 0 Å². The second-order valence-corrected chi connectivity index (χ2v) is 7.33. The minimum Gasteiger partial charge on any atom is -0.374 e. The lowest BCUT2D eigenvalue weighted by Gasteiger charge is -2.25. The molecule has 1 unspecified atom stereocenters. The molecule has 0 heterocycles. The molecular weight excluding hydrogens is 377 g/mol. The van der Waals surface area contributed by atoms with Gasteiger partial charge in [-0.2, -0.15) is 0 Å². The Morgan fingerprint density at radius 1 is 1.43 bits per heavy atom. The summed E-state index contributed by atoms with van der Waals surface area (Å²) >= 11 is 5.94. The lowest BCUT2D eigenvalue weighted by atomic mass is 10.0. The molecule has 0 bridgehead atoms. The van der Waals surface area contributed by atoms with Crippen LogP contribution in [0.15, 0.2) is 70.4 Å². The van der Waals surface area contributed by atoms with Crippen molar-refractivity contribution < 1.29 is 9.18 Å². The number of hydrogen-bond donors (Lipinski definition) is 2. The van der Waals surface area contributed by atoms with Crippen molar-refractivity contribution in [1.29, 1.82) is 0 Å². The Kier molecular flexibility index (Phi) is 8.74. The average Bonchev–Trinajstić information content (AvgIpc) is 2.97. The van der Waals surface area contributed by atoms with Gasteiger partial charge < -0.3 is 15.5 Å². The minimum absolute atomic E-state index is 0.0138. The van der Waals surface area contributed by atoms with Crippen LogP contribution in [-0.4, -0.2) is 38.0 Å². The molecular formula is C22H29ClFN3O. The van der Waals surface area contributed by atoms with Crippen molar-refractivity contribution in [2.24, 2.45) is 5.92 Å². The van der Waals surface area contributed by atoms with Crippen LogP contribution in [0.5, 0.6) is 0 Å². The first-order valence-corrected chi connectivity index (χ1v) is 10.0. The molecule has 0 radical (unpaired) electrons. The van der Waals surface area contributed by atoms with E-state index in [2.05, 4.69) is 34.6 Å². The van der Waals surface area contributed by atoms with E-state index in [1.807, 2.05) is 26.2 Å². The van der Waals surface area contributed by atoms with Crippen molar-refractivity contribution in [2.75, 3.05) is 27.2 Å². The molecule has 2 aliphatic carbocycles. The van der Waals surface area contributed by atoms with Crippen LogP contribution in [0, 0.1) is 5.92 Å². The van der Waals surface area contributed by atoms with Crippen molar-refractivity contribution in [1.82, 2.24) is 15.5 Å². The fraction of sp³-hybridized carbons (Fsp3) is 0.409. The van der Waals surface area contributed by atoms with Gasteiger partial charge in [-0.3, -0.25) is 4.79 Å². The van der Waals surface area contributed by atoms with Crippen LogP contribution < -0.4 is 10.6 Å². The maximum Gasteiger partial charge on any atom is 0.257 e. The molecule has 1 atom stereocenters. The highest BCUT2D eigenvalue weighted by Gasteiger charge is 2.21. The molecule has 0 saturated carbocycles. The quantitative estimate of drug-likeness (QED) is 0.632. The number of hydrogen-bond acceptors (Lipinski definition) is 3. The van der Waals surface area contributed by atoms with Gasteiger partial charge in [0.1, 0.15) is 5.83 Å². The highest BCUT2D eigenvalue weighted by Crippen LogP contribution is 2.24. The van der Waals surface area contributed by atoms with E-state index in [4.69, 9.17) is 11.6 Å². The number of carbonyl (C=O) groups is 1. The number of rotatable bonds is 8. The molecule has 6 heteroatoms. The Bertz CT molecular complexity index is 762. The highest BCUT2D eigenvalue weighted by molar-refractivity contribution is 6.31. The van der Waals surface area contributed by atoms with E-state index >= 15 is 0 Å². The summed E-state index contributed by atoms with van der Waals surface area (Å²) in [6, 6.07) is 0. The Morgan fingerprint density at radius 3 is 2.93 bits per heavy atom. The summed E-state index contributed by atoms with van der Waals surface area (Å²) in [6.45, 7) is 3.80. The van der Waals surface area contributed by atoms with Gasteiger partial charge in [0.2, 0.25) is 0 Å². The molecule has 2 aliphatic rings. The van der Waals surface area contributed by atoms with Crippen LogP contribution in [0.25, 0.3) is 0 Å². The van der Waals surface area contributed by atoms with Gasteiger partial charge in [0, 0.05) is 43.9 Å². The highest BCUT2D eigenvalue weighted by atomic mass is 35.5. The van der Waals surface area contributed by atoms with Gasteiger partial charge in [-0.05, 0) is 31.7 Å². The summed E-state index contributed by atoms with van der Waals surface area (Å²) in [6.07, 6.45) is 14.9. The molecule has 4 nitrogen and oxygen atoms in total. The van der Waals surface area contributed by atoms with E-state index in [0.717, 1.165) is 31.6 Å².